The number of hydrogen-bond donors (Lipinski definition) is 2. The van der Waals surface area contributed by atoms with Gasteiger partial charge in [0, 0.05) is 9.82 Å². The summed E-state index contributed by atoms with van der Waals surface area (Å²) in [5, 5.41) is 27.3. The van der Waals surface area contributed by atoms with E-state index in [1.165, 1.54) is 5.57 Å². The summed E-state index contributed by atoms with van der Waals surface area (Å²) < 4.78 is 23.3. The molecular weight excluding hydrogens is 612 g/mol. The minimum Gasteiger partial charge on any atom is -0.392 e. The normalized spacial score (nSPS) is 30.7. The van der Waals surface area contributed by atoms with Crippen molar-refractivity contribution >= 4 is 0 Å². The molecular formula is C36H62N6O6. The van der Waals surface area contributed by atoms with Crippen LogP contribution < -0.4 is 0 Å². The Morgan fingerprint density at radius 3 is 1.65 bits per heavy atom. The lowest BCUT2D eigenvalue weighted by atomic mass is 9.91. The Kier molecular flexibility index (Phi) is 18.8. The smallest absolute Gasteiger partial charge is 0.114 e. The number of azide groups is 2. The highest BCUT2D eigenvalue weighted by Crippen LogP contribution is 2.38. The molecule has 0 radical (unpaired) electrons. The van der Waals surface area contributed by atoms with Crippen LogP contribution in [0.15, 0.2) is 45.2 Å². The number of rotatable bonds is 14. The molecule has 0 spiro atoms. The van der Waals surface area contributed by atoms with E-state index in [1.807, 2.05) is 26.0 Å². The van der Waals surface area contributed by atoms with Crippen molar-refractivity contribution in [3.8, 4) is 0 Å². The molecule has 1 heterocycles. The van der Waals surface area contributed by atoms with Crippen LogP contribution in [-0.4, -0.2) is 83.3 Å². The van der Waals surface area contributed by atoms with E-state index in [-0.39, 0.29) is 30.5 Å². The highest BCUT2D eigenvalue weighted by Gasteiger charge is 2.47. The zero-order valence-electron chi connectivity index (χ0n) is 30.7. The zero-order chi connectivity index (χ0) is 35.8. The Morgan fingerprint density at radius 2 is 1.12 bits per heavy atom. The number of fused-ring (bicyclic) bond motifs is 1. The molecule has 9 atom stereocenters. The lowest BCUT2D eigenvalue weighted by molar-refractivity contribution is -0.0660. The van der Waals surface area contributed by atoms with Gasteiger partial charge in [0.1, 0.15) is 18.3 Å². The maximum Gasteiger partial charge on any atom is 0.114 e. The van der Waals surface area contributed by atoms with Crippen molar-refractivity contribution in [2.24, 2.45) is 10.2 Å². The van der Waals surface area contributed by atoms with E-state index in [0.29, 0.717) is 31.2 Å². The lowest BCUT2D eigenvalue weighted by Gasteiger charge is -2.32. The number of epoxide rings is 1. The Labute approximate surface area is 288 Å². The number of aliphatic hydroxyl groups excluding tert-OH is 2. The molecule has 1 saturated heterocycles. The number of aliphatic hydroxyl groups is 2. The summed E-state index contributed by atoms with van der Waals surface area (Å²) in [6.07, 6.45) is 13.9. The van der Waals surface area contributed by atoms with Crippen LogP contribution in [0, 0.1) is 0 Å². The average Bonchev–Trinajstić information content (AvgIpc) is 3.85. The van der Waals surface area contributed by atoms with E-state index < -0.39 is 24.3 Å². The lowest BCUT2D eigenvalue weighted by Crippen LogP contribution is -2.41. The van der Waals surface area contributed by atoms with Gasteiger partial charge in [0.25, 0.3) is 0 Å². The molecule has 48 heavy (non-hydrogen) atoms. The van der Waals surface area contributed by atoms with Crippen LogP contribution in [0.5, 0.6) is 0 Å². The summed E-state index contributed by atoms with van der Waals surface area (Å²) in [4.78, 5) is 5.58. The van der Waals surface area contributed by atoms with Crippen molar-refractivity contribution in [2.45, 2.75) is 193 Å². The summed E-state index contributed by atoms with van der Waals surface area (Å²) in [6.45, 7) is 18.7. The van der Waals surface area contributed by atoms with Crippen molar-refractivity contribution in [3.05, 3.63) is 55.8 Å². The largest absolute Gasteiger partial charge is 0.392 e. The number of ether oxygens (including phenoxy) is 4. The molecule has 4 aliphatic rings. The molecule has 3 aliphatic carbocycles. The van der Waals surface area contributed by atoms with Gasteiger partial charge in [0.15, 0.2) is 0 Å². The van der Waals surface area contributed by atoms with Gasteiger partial charge < -0.3 is 29.2 Å². The van der Waals surface area contributed by atoms with Gasteiger partial charge in [0.2, 0.25) is 0 Å². The van der Waals surface area contributed by atoms with E-state index in [1.54, 1.807) is 0 Å². The fourth-order valence-corrected chi connectivity index (χ4v) is 6.45. The van der Waals surface area contributed by atoms with E-state index in [2.05, 4.69) is 74.6 Å². The van der Waals surface area contributed by atoms with Gasteiger partial charge in [-0.2, -0.15) is 0 Å². The molecule has 6 unspecified atom stereocenters. The molecule has 0 bridgehead atoms. The van der Waals surface area contributed by atoms with Gasteiger partial charge in [-0.05, 0) is 89.6 Å². The Morgan fingerprint density at radius 1 is 0.688 bits per heavy atom. The first-order valence-electron chi connectivity index (χ1n) is 18.1. The topological polar surface area (TPSA) is 178 Å². The Hall–Kier alpha value is -2.40. The average molecular weight is 675 g/mol. The molecule has 0 aromatic carbocycles. The van der Waals surface area contributed by atoms with Crippen molar-refractivity contribution in [1.82, 2.24) is 0 Å². The summed E-state index contributed by atoms with van der Waals surface area (Å²) in [7, 11) is 0. The number of nitrogens with zero attached hydrogens (tertiary/aromatic N) is 6. The van der Waals surface area contributed by atoms with Crippen LogP contribution in [0.25, 0.3) is 20.9 Å². The third-order valence-corrected chi connectivity index (χ3v) is 9.50. The molecule has 12 heteroatoms. The van der Waals surface area contributed by atoms with Crippen LogP contribution in [-0.2, 0) is 18.9 Å². The molecule has 12 nitrogen and oxygen atoms in total. The second kappa shape index (κ2) is 21.6. The molecule has 4 rings (SSSR count). The summed E-state index contributed by atoms with van der Waals surface area (Å²) in [5.41, 5.74) is 20.6. The maximum absolute atomic E-state index is 10.1. The highest BCUT2D eigenvalue weighted by molar-refractivity contribution is 5.18. The van der Waals surface area contributed by atoms with Crippen molar-refractivity contribution < 1.29 is 29.2 Å². The fourth-order valence-electron chi connectivity index (χ4n) is 6.45. The standard InChI is InChI=1S/2C12H21N3O2.C12H20O2/c1-4-9(5-2)17-11-7-8(3)6-10(16)12(11)14-15-13;1-4-9(5-2)17-11-7-8(3)6-10(12(11)16)14-15-13;1-4-9(5-2)13-10-6-8(3)7-11-12(10)14-11/h2*7,9-12,16H,4-6H2,1-3H3;6,9-12H,4-5,7H2,1-3H3/t;;10-,11+,12-/m..1/s1. The van der Waals surface area contributed by atoms with E-state index in [0.717, 1.165) is 56.1 Å². The van der Waals surface area contributed by atoms with Crippen LogP contribution in [0.1, 0.15) is 120 Å². The van der Waals surface area contributed by atoms with E-state index in [4.69, 9.17) is 30.0 Å². The molecule has 272 valence electrons. The SMILES string of the molecule is CCC(CC)OC1C=C(C)CC(N=[N+]=[N-])C1O.CCC(CC)OC1C=C(C)CC(O)C1N=[N+]=[N-].CCC(CC)O[C@@H]1C=C(C)C[C@@H]2O[C@@H]21. The second-order valence-corrected chi connectivity index (χ2v) is 13.4. The fraction of sp³-hybridized carbons (Fsp3) is 0.833. The van der Waals surface area contributed by atoms with Crippen molar-refractivity contribution in [1.29, 1.82) is 0 Å². The molecule has 1 fully saturated rings. The van der Waals surface area contributed by atoms with E-state index >= 15 is 0 Å². The van der Waals surface area contributed by atoms with Crippen LogP contribution in [0.3, 0.4) is 0 Å². The zero-order valence-corrected chi connectivity index (χ0v) is 30.7. The van der Waals surface area contributed by atoms with Crippen molar-refractivity contribution in [2.75, 3.05) is 0 Å². The monoisotopic (exact) mass is 674 g/mol. The Bertz CT molecular complexity index is 1150. The van der Waals surface area contributed by atoms with Crippen molar-refractivity contribution in [3.63, 3.8) is 0 Å². The predicted molar refractivity (Wildman–Crippen MR) is 189 cm³/mol. The van der Waals surface area contributed by atoms with E-state index in [9.17, 15) is 10.2 Å². The molecule has 0 aromatic heterocycles. The molecule has 0 aromatic rings. The van der Waals surface area contributed by atoms with Gasteiger partial charge in [-0.3, -0.25) is 0 Å². The summed E-state index contributed by atoms with van der Waals surface area (Å²) in [5.74, 6) is 0. The second-order valence-electron chi connectivity index (χ2n) is 13.4. The molecule has 0 amide bonds. The third kappa shape index (κ3) is 13.1. The summed E-state index contributed by atoms with van der Waals surface area (Å²) in [6, 6.07) is -0.923. The number of hydrogen-bond acceptors (Lipinski definition) is 8. The third-order valence-electron chi connectivity index (χ3n) is 9.50. The first kappa shape index (κ1) is 41.8. The van der Waals surface area contributed by atoms with Crippen LogP contribution >= 0.6 is 0 Å². The van der Waals surface area contributed by atoms with Gasteiger partial charge >= 0.3 is 0 Å². The van der Waals surface area contributed by atoms with Gasteiger partial charge in [0.05, 0.1) is 54.8 Å². The highest BCUT2D eigenvalue weighted by atomic mass is 16.6. The first-order valence-corrected chi connectivity index (χ1v) is 18.1. The van der Waals surface area contributed by atoms with Crippen LogP contribution in [0.2, 0.25) is 0 Å². The minimum absolute atomic E-state index is 0.142. The molecule has 1 aliphatic heterocycles. The Balaban J connectivity index is 0.000000251. The first-order chi connectivity index (χ1) is 23.0. The maximum atomic E-state index is 10.1. The molecule has 0 saturated carbocycles. The quantitative estimate of drug-likeness (QED) is 0.0612. The minimum atomic E-state index is -0.741. The summed E-state index contributed by atoms with van der Waals surface area (Å²) >= 11 is 0. The van der Waals surface area contributed by atoms with Gasteiger partial charge in [-0.15, -0.1) is 0 Å². The predicted octanol–water partition coefficient (Wildman–Crippen LogP) is 8.58. The van der Waals surface area contributed by atoms with Gasteiger partial charge in [-0.1, -0.05) is 86.7 Å². The molecule has 2 N–H and O–H groups in total. The van der Waals surface area contributed by atoms with Gasteiger partial charge in [-0.25, -0.2) is 0 Å². The van der Waals surface area contributed by atoms with Crippen LogP contribution in [0.4, 0.5) is 0 Å².